The van der Waals surface area contributed by atoms with Crippen molar-refractivity contribution in [3.05, 3.63) is 49.1 Å². The molecule has 0 saturated heterocycles. The monoisotopic (exact) mass is 168 g/mol. The van der Waals surface area contributed by atoms with Crippen LogP contribution in [0.5, 0.6) is 0 Å². The first-order valence-electron chi connectivity index (χ1n) is 4.23. The van der Waals surface area contributed by atoms with Gasteiger partial charge in [0.25, 0.3) is 0 Å². The fraction of sp³-hybridized carbons (Fsp3) is 0. The summed E-state index contributed by atoms with van der Waals surface area (Å²) in [6, 6.07) is 8.11. The molecule has 2 rings (SSSR count). The van der Waals surface area contributed by atoms with Crippen LogP contribution in [0, 0.1) is 0 Å². The van der Waals surface area contributed by atoms with E-state index >= 15 is 0 Å². The third-order valence-electron chi connectivity index (χ3n) is 1.91. The van der Waals surface area contributed by atoms with E-state index < -0.39 is 0 Å². The Hall–Kier alpha value is -1.64. The largest absolute Gasteiger partial charge is 0.265 e. The molecule has 0 spiro atoms. The highest BCUT2D eigenvalue weighted by Crippen LogP contribution is 1.79. The Bertz CT molecular complexity index is 324. The molecule has 0 radical (unpaired) electrons. The van der Waals surface area contributed by atoms with Crippen LogP contribution in [0.1, 0.15) is 0 Å². The van der Waals surface area contributed by atoms with E-state index in [9.17, 15) is 0 Å². The SMILES string of the molecule is B(c1ccncc1)c1ccncc1. The van der Waals surface area contributed by atoms with Gasteiger partial charge in [-0.05, 0) is 24.3 Å². The van der Waals surface area contributed by atoms with Gasteiger partial charge in [-0.25, -0.2) is 0 Å². The van der Waals surface area contributed by atoms with Crippen LogP contribution in [0.3, 0.4) is 0 Å². The predicted octanol–water partition coefficient (Wildman–Crippen LogP) is -0.136. The highest BCUT2D eigenvalue weighted by atomic mass is 14.6. The lowest BCUT2D eigenvalue weighted by Crippen LogP contribution is -2.26. The van der Waals surface area contributed by atoms with E-state index in [1.54, 1.807) is 0 Å². The van der Waals surface area contributed by atoms with Crippen LogP contribution >= 0.6 is 0 Å². The molecule has 0 amide bonds. The van der Waals surface area contributed by atoms with Gasteiger partial charge in [0.2, 0.25) is 0 Å². The minimum atomic E-state index is 0.949. The number of hydrogen-bond acceptors (Lipinski definition) is 2. The second kappa shape index (κ2) is 3.85. The molecule has 3 heteroatoms. The smallest absolute Gasteiger partial charge is 0.192 e. The molecule has 0 atom stereocenters. The van der Waals surface area contributed by atoms with Crippen molar-refractivity contribution in [3.8, 4) is 0 Å². The highest BCUT2D eigenvalue weighted by molar-refractivity contribution is 6.67. The van der Waals surface area contributed by atoms with E-state index in [-0.39, 0.29) is 0 Å². The van der Waals surface area contributed by atoms with E-state index in [2.05, 4.69) is 9.97 Å². The van der Waals surface area contributed by atoms with Crippen LogP contribution in [0.4, 0.5) is 0 Å². The molecule has 0 fully saturated rings. The van der Waals surface area contributed by atoms with Crippen LogP contribution in [0.15, 0.2) is 49.1 Å². The van der Waals surface area contributed by atoms with Crippen molar-refractivity contribution in [2.45, 2.75) is 0 Å². The Morgan fingerprint density at radius 2 is 1.08 bits per heavy atom. The molecule has 0 aliphatic carbocycles. The quantitative estimate of drug-likeness (QED) is 0.583. The first-order chi connectivity index (χ1) is 6.45. The lowest BCUT2D eigenvalue weighted by molar-refractivity contribution is 1.34. The van der Waals surface area contributed by atoms with Crippen molar-refractivity contribution in [1.82, 2.24) is 9.97 Å². The second-order valence-corrected chi connectivity index (χ2v) is 2.89. The average Bonchev–Trinajstić information content (AvgIpc) is 2.21. The summed E-state index contributed by atoms with van der Waals surface area (Å²) in [6.45, 7) is 0. The first-order valence-corrected chi connectivity index (χ1v) is 4.23. The summed E-state index contributed by atoms with van der Waals surface area (Å²) in [7, 11) is 0.949. The zero-order valence-corrected chi connectivity index (χ0v) is 7.22. The van der Waals surface area contributed by atoms with Crippen molar-refractivity contribution in [3.63, 3.8) is 0 Å². The summed E-state index contributed by atoms with van der Waals surface area (Å²) in [5, 5.41) is 0. The molecule has 0 unspecified atom stereocenters. The average molecular weight is 168 g/mol. The molecule has 0 aliphatic rings. The highest BCUT2D eigenvalue weighted by Gasteiger charge is 1.96. The van der Waals surface area contributed by atoms with Crippen molar-refractivity contribution in [2.24, 2.45) is 0 Å². The maximum Gasteiger partial charge on any atom is 0.192 e. The predicted molar refractivity (Wildman–Crippen MR) is 54.9 cm³/mol. The minimum Gasteiger partial charge on any atom is -0.265 e. The maximum atomic E-state index is 3.97. The van der Waals surface area contributed by atoms with E-state index in [1.165, 1.54) is 10.9 Å². The number of pyridine rings is 2. The summed E-state index contributed by atoms with van der Waals surface area (Å²) in [5.74, 6) is 0. The Morgan fingerprint density at radius 1 is 0.692 bits per heavy atom. The molecule has 2 aromatic rings. The molecular weight excluding hydrogens is 159 g/mol. The van der Waals surface area contributed by atoms with E-state index in [0.29, 0.717) is 0 Å². The fourth-order valence-electron chi connectivity index (χ4n) is 1.24. The molecule has 0 bridgehead atoms. The van der Waals surface area contributed by atoms with Crippen molar-refractivity contribution < 1.29 is 0 Å². The van der Waals surface area contributed by atoms with Gasteiger partial charge in [-0.3, -0.25) is 9.97 Å². The first kappa shape index (κ1) is 7.99. The normalized spacial score (nSPS) is 9.54. The zero-order chi connectivity index (χ0) is 8.93. The molecule has 0 N–H and O–H groups in total. The number of rotatable bonds is 2. The van der Waals surface area contributed by atoms with Gasteiger partial charge < -0.3 is 0 Å². The van der Waals surface area contributed by atoms with E-state index in [4.69, 9.17) is 0 Å². The van der Waals surface area contributed by atoms with Gasteiger partial charge in [0, 0.05) is 24.8 Å². The second-order valence-electron chi connectivity index (χ2n) is 2.89. The summed E-state index contributed by atoms with van der Waals surface area (Å²) in [6.07, 6.45) is 7.26. The van der Waals surface area contributed by atoms with Gasteiger partial charge in [-0.2, -0.15) is 0 Å². The molecule has 13 heavy (non-hydrogen) atoms. The molecule has 0 aromatic carbocycles. The summed E-state index contributed by atoms with van der Waals surface area (Å²) >= 11 is 0. The summed E-state index contributed by atoms with van der Waals surface area (Å²) in [5.41, 5.74) is 2.56. The van der Waals surface area contributed by atoms with Crippen LogP contribution in [0.25, 0.3) is 0 Å². The number of aromatic nitrogens is 2. The van der Waals surface area contributed by atoms with E-state index in [1.807, 2.05) is 49.1 Å². The van der Waals surface area contributed by atoms with E-state index in [0.717, 1.165) is 7.28 Å². The van der Waals surface area contributed by atoms with Gasteiger partial charge in [0.1, 0.15) is 0 Å². The molecule has 2 nitrogen and oxygen atoms in total. The van der Waals surface area contributed by atoms with Gasteiger partial charge in [0.05, 0.1) is 0 Å². The summed E-state index contributed by atoms with van der Waals surface area (Å²) < 4.78 is 0. The van der Waals surface area contributed by atoms with Gasteiger partial charge in [-0.15, -0.1) is 0 Å². The third-order valence-corrected chi connectivity index (χ3v) is 1.91. The zero-order valence-electron chi connectivity index (χ0n) is 7.22. The Balaban J connectivity index is 2.16. The number of hydrogen-bond donors (Lipinski definition) is 0. The molecule has 2 heterocycles. The van der Waals surface area contributed by atoms with Gasteiger partial charge in [0.15, 0.2) is 7.28 Å². The molecule has 0 aliphatic heterocycles. The van der Waals surface area contributed by atoms with Crippen molar-refractivity contribution in [1.29, 1.82) is 0 Å². The molecule has 0 saturated carbocycles. The lowest BCUT2D eigenvalue weighted by Gasteiger charge is -1.97. The van der Waals surface area contributed by atoms with Crippen LogP contribution < -0.4 is 10.9 Å². The Kier molecular flexibility index (Phi) is 2.37. The van der Waals surface area contributed by atoms with Crippen LogP contribution in [0.2, 0.25) is 0 Å². The molecular formula is C10H9BN2. The standard InChI is InChI=1S/C10H9BN2/c1-5-12-6-2-9(1)11-10-3-7-13-8-4-10/h1-8,11H. The van der Waals surface area contributed by atoms with Gasteiger partial charge >= 0.3 is 0 Å². The Labute approximate surface area is 77.9 Å². The van der Waals surface area contributed by atoms with Crippen molar-refractivity contribution in [2.75, 3.05) is 0 Å². The topological polar surface area (TPSA) is 25.8 Å². The molecule has 2 aromatic heterocycles. The Morgan fingerprint density at radius 3 is 1.46 bits per heavy atom. The van der Waals surface area contributed by atoms with Crippen molar-refractivity contribution >= 4 is 18.2 Å². The minimum absolute atomic E-state index is 0.949. The van der Waals surface area contributed by atoms with Crippen LogP contribution in [-0.4, -0.2) is 17.2 Å². The molecule has 62 valence electrons. The fourth-order valence-corrected chi connectivity index (χ4v) is 1.24. The lowest BCUT2D eigenvalue weighted by atomic mass is 9.65. The van der Waals surface area contributed by atoms with Crippen LogP contribution in [-0.2, 0) is 0 Å². The summed E-state index contributed by atoms with van der Waals surface area (Å²) in [4.78, 5) is 7.95. The third kappa shape index (κ3) is 2.15. The maximum absolute atomic E-state index is 3.97. The number of nitrogens with zero attached hydrogens (tertiary/aromatic N) is 2. The van der Waals surface area contributed by atoms with Gasteiger partial charge in [-0.1, -0.05) is 10.9 Å².